The van der Waals surface area contributed by atoms with E-state index in [0.29, 0.717) is 19.4 Å². The van der Waals surface area contributed by atoms with E-state index >= 15 is 0 Å². The normalized spacial score (nSPS) is 11.8. The molecule has 0 spiro atoms. The molecule has 5 heteroatoms. The van der Waals surface area contributed by atoms with Crippen molar-refractivity contribution in [2.45, 2.75) is 25.4 Å². The fraction of sp³-hybridized carbons (Fsp3) is 0.467. The second kappa shape index (κ2) is 8.32. The molecular weight excluding hydrogens is 256 g/mol. The summed E-state index contributed by atoms with van der Waals surface area (Å²) in [6.45, 7) is 0.508. The Morgan fingerprint density at radius 1 is 1.30 bits per heavy atom. The number of amides is 2. The molecule has 1 atom stereocenters. The van der Waals surface area contributed by atoms with Gasteiger partial charge in [-0.05, 0) is 12.0 Å². The van der Waals surface area contributed by atoms with Crippen LogP contribution in [0.1, 0.15) is 30.9 Å². The molecule has 1 unspecified atom stereocenters. The Morgan fingerprint density at radius 2 is 1.95 bits per heavy atom. The lowest BCUT2D eigenvalue weighted by atomic mass is 10.1. The van der Waals surface area contributed by atoms with Crippen molar-refractivity contribution in [2.24, 2.45) is 0 Å². The molecule has 0 saturated carbocycles. The highest BCUT2D eigenvalue weighted by Crippen LogP contribution is 2.16. The van der Waals surface area contributed by atoms with E-state index in [4.69, 9.17) is 0 Å². The second-order valence-corrected chi connectivity index (χ2v) is 4.72. The van der Waals surface area contributed by atoms with Crippen LogP contribution in [-0.4, -0.2) is 42.5 Å². The molecule has 0 aliphatic rings. The third kappa shape index (κ3) is 5.40. The van der Waals surface area contributed by atoms with Gasteiger partial charge >= 0.3 is 0 Å². The van der Waals surface area contributed by atoms with Crippen LogP contribution in [0.25, 0.3) is 0 Å². The molecule has 0 aromatic heterocycles. The number of hydrogen-bond donors (Lipinski definition) is 2. The van der Waals surface area contributed by atoms with Crippen molar-refractivity contribution in [3.05, 3.63) is 35.9 Å². The Hall–Kier alpha value is -1.88. The summed E-state index contributed by atoms with van der Waals surface area (Å²) < 4.78 is 0. The van der Waals surface area contributed by atoms with Gasteiger partial charge in [0, 0.05) is 27.1 Å². The predicted molar refractivity (Wildman–Crippen MR) is 77.0 cm³/mol. The first-order chi connectivity index (χ1) is 9.54. The number of hydrogen-bond acceptors (Lipinski definition) is 3. The Labute approximate surface area is 119 Å². The maximum Gasteiger partial charge on any atom is 0.225 e. The first-order valence-corrected chi connectivity index (χ1v) is 6.72. The highest BCUT2D eigenvalue weighted by Gasteiger charge is 2.16. The minimum atomic E-state index is -0.787. The number of aliphatic hydroxyl groups is 1. The van der Waals surface area contributed by atoms with Gasteiger partial charge < -0.3 is 15.3 Å². The minimum absolute atomic E-state index is 0.0323. The first kappa shape index (κ1) is 16.2. The smallest absolute Gasteiger partial charge is 0.225 e. The van der Waals surface area contributed by atoms with E-state index in [0.717, 1.165) is 5.56 Å². The van der Waals surface area contributed by atoms with Crippen LogP contribution in [0.3, 0.4) is 0 Å². The van der Waals surface area contributed by atoms with Crippen LogP contribution in [0, 0.1) is 0 Å². The Morgan fingerprint density at radius 3 is 2.55 bits per heavy atom. The third-order valence-electron chi connectivity index (χ3n) is 3.15. The minimum Gasteiger partial charge on any atom is -0.388 e. The summed E-state index contributed by atoms with van der Waals surface area (Å²) in [5, 5.41) is 12.5. The van der Waals surface area contributed by atoms with Crippen molar-refractivity contribution < 1.29 is 14.7 Å². The largest absolute Gasteiger partial charge is 0.388 e. The number of nitrogens with zero attached hydrogens (tertiary/aromatic N) is 1. The zero-order valence-electron chi connectivity index (χ0n) is 12.0. The van der Waals surface area contributed by atoms with Gasteiger partial charge in [0.1, 0.15) is 0 Å². The summed E-state index contributed by atoms with van der Waals surface area (Å²) >= 11 is 0. The molecule has 110 valence electrons. The molecule has 1 rings (SSSR count). The Kier molecular flexibility index (Phi) is 6.73. The molecule has 0 heterocycles. The SMILES string of the molecule is CNC(=O)CCCN(C)C(=O)CC(O)c1ccccc1. The van der Waals surface area contributed by atoms with Crippen LogP contribution in [0.15, 0.2) is 30.3 Å². The number of nitrogens with one attached hydrogen (secondary N) is 1. The topological polar surface area (TPSA) is 69.6 Å². The molecule has 2 N–H and O–H groups in total. The summed E-state index contributed by atoms with van der Waals surface area (Å²) in [5.41, 5.74) is 0.736. The highest BCUT2D eigenvalue weighted by molar-refractivity contribution is 5.77. The average Bonchev–Trinajstić information content (AvgIpc) is 2.47. The van der Waals surface area contributed by atoms with Crippen LogP contribution in [-0.2, 0) is 9.59 Å². The zero-order valence-corrected chi connectivity index (χ0v) is 12.0. The maximum absolute atomic E-state index is 11.9. The van der Waals surface area contributed by atoms with Crippen LogP contribution in [0.4, 0.5) is 0 Å². The molecular formula is C15H22N2O3. The van der Waals surface area contributed by atoms with Crippen LogP contribution in [0.5, 0.6) is 0 Å². The van der Waals surface area contributed by atoms with Crippen molar-refractivity contribution in [3.63, 3.8) is 0 Å². The standard InChI is InChI=1S/C15H22N2O3/c1-16-14(19)9-6-10-17(2)15(20)11-13(18)12-7-4-3-5-8-12/h3-5,7-8,13,18H,6,9-11H2,1-2H3,(H,16,19). The molecule has 0 radical (unpaired) electrons. The maximum atomic E-state index is 11.9. The van der Waals surface area contributed by atoms with E-state index in [2.05, 4.69) is 5.32 Å². The lowest BCUT2D eigenvalue weighted by Crippen LogP contribution is -2.30. The van der Waals surface area contributed by atoms with Gasteiger partial charge in [0.2, 0.25) is 11.8 Å². The van der Waals surface area contributed by atoms with E-state index in [-0.39, 0.29) is 18.2 Å². The highest BCUT2D eigenvalue weighted by atomic mass is 16.3. The van der Waals surface area contributed by atoms with E-state index < -0.39 is 6.10 Å². The van der Waals surface area contributed by atoms with Crippen LogP contribution < -0.4 is 5.32 Å². The molecule has 5 nitrogen and oxygen atoms in total. The summed E-state index contributed by atoms with van der Waals surface area (Å²) in [6, 6.07) is 9.11. The van der Waals surface area contributed by atoms with Crippen LogP contribution >= 0.6 is 0 Å². The molecule has 0 aliphatic heterocycles. The van der Waals surface area contributed by atoms with E-state index in [1.807, 2.05) is 18.2 Å². The number of benzene rings is 1. The average molecular weight is 278 g/mol. The third-order valence-corrected chi connectivity index (χ3v) is 3.15. The van der Waals surface area contributed by atoms with Crippen molar-refractivity contribution in [2.75, 3.05) is 20.6 Å². The van der Waals surface area contributed by atoms with E-state index in [1.165, 1.54) is 0 Å². The van der Waals surface area contributed by atoms with Gasteiger partial charge in [-0.2, -0.15) is 0 Å². The fourth-order valence-corrected chi connectivity index (χ4v) is 1.84. The lowest BCUT2D eigenvalue weighted by molar-refractivity contribution is -0.132. The number of carbonyl (C=O) groups excluding carboxylic acids is 2. The Balaban J connectivity index is 2.36. The number of carbonyl (C=O) groups is 2. The zero-order chi connectivity index (χ0) is 15.0. The molecule has 1 aromatic rings. The van der Waals surface area contributed by atoms with E-state index in [1.54, 1.807) is 31.1 Å². The predicted octanol–water partition coefficient (Wildman–Crippen LogP) is 1.09. The summed E-state index contributed by atoms with van der Waals surface area (Å²) in [6.07, 6.45) is 0.282. The van der Waals surface area contributed by atoms with Gasteiger partial charge in [-0.25, -0.2) is 0 Å². The lowest BCUT2D eigenvalue weighted by Gasteiger charge is -2.19. The van der Waals surface area contributed by atoms with E-state index in [9.17, 15) is 14.7 Å². The second-order valence-electron chi connectivity index (χ2n) is 4.72. The number of rotatable bonds is 7. The summed E-state index contributed by atoms with van der Waals surface area (Å²) in [5.74, 6) is -0.159. The van der Waals surface area contributed by atoms with Crippen molar-refractivity contribution in [3.8, 4) is 0 Å². The van der Waals surface area contributed by atoms with Gasteiger partial charge in [0.15, 0.2) is 0 Å². The quantitative estimate of drug-likeness (QED) is 0.784. The van der Waals surface area contributed by atoms with Gasteiger partial charge in [-0.1, -0.05) is 30.3 Å². The summed E-state index contributed by atoms with van der Waals surface area (Å²) in [7, 11) is 3.28. The van der Waals surface area contributed by atoms with Crippen molar-refractivity contribution in [1.82, 2.24) is 10.2 Å². The van der Waals surface area contributed by atoms with Gasteiger partial charge in [-0.3, -0.25) is 9.59 Å². The first-order valence-electron chi connectivity index (χ1n) is 6.72. The number of aliphatic hydroxyl groups excluding tert-OH is 1. The molecule has 1 aromatic carbocycles. The molecule has 0 bridgehead atoms. The van der Waals surface area contributed by atoms with Gasteiger partial charge in [-0.15, -0.1) is 0 Å². The van der Waals surface area contributed by atoms with Crippen LogP contribution in [0.2, 0.25) is 0 Å². The van der Waals surface area contributed by atoms with Gasteiger partial charge in [0.05, 0.1) is 12.5 Å². The van der Waals surface area contributed by atoms with Gasteiger partial charge in [0.25, 0.3) is 0 Å². The Bertz CT molecular complexity index is 434. The molecule has 20 heavy (non-hydrogen) atoms. The molecule has 0 saturated heterocycles. The molecule has 0 fully saturated rings. The molecule has 0 aliphatic carbocycles. The monoisotopic (exact) mass is 278 g/mol. The summed E-state index contributed by atoms with van der Waals surface area (Å²) in [4.78, 5) is 24.6. The molecule has 2 amide bonds. The fourth-order valence-electron chi connectivity index (χ4n) is 1.84. The van der Waals surface area contributed by atoms with Crippen molar-refractivity contribution in [1.29, 1.82) is 0 Å². The van der Waals surface area contributed by atoms with Crippen molar-refractivity contribution >= 4 is 11.8 Å².